The molecule has 12 heteroatoms. The maximum absolute atomic E-state index is 14.1. The number of hydrogen-bond acceptors (Lipinski definition) is 9. The number of methoxy groups -OCH3 is 2. The number of esters is 2. The van der Waals surface area contributed by atoms with Crippen molar-refractivity contribution in [3.63, 3.8) is 0 Å². The summed E-state index contributed by atoms with van der Waals surface area (Å²) in [4.78, 5) is 32.5. The third-order valence-electron chi connectivity index (χ3n) is 11.4. The van der Waals surface area contributed by atoms with Crippen LogP contribution in [-0.2, 0) is 32.6 Å². The SMILES string of the molecule is COc1ccc([C@H](Cc2c(Cl)c[n+]([O-])cc2Cl)OC(=O)c2ccc(CN3CCC(C(=O)O[C@H]4CN5CCC4CC5)(c4ccccc4)CC3)cc2)cc1OC. The lowest BCUT2D eigenvalue weighted by atomic mass is 9.72. The summed E-state index contributed by atoms with van der Waals surface area (Å²) in [6.45, 7) is 5.18. The van der Waals surface area contributed by atoms with Crippen molar-refractivity contribution in [3.8, 4) is 11.5 Å². The van der Waals surface area contributed by atoms with Crippen LogP contribution >= 0.6 is 23.2 Å². The first-order valence-electron chi connectivity index (χ1n) is 18.5. The maximum atomic E-state index is 14.1. The van der Waals surface area contributed by atoms with Crippen LogP contribution in [0.2, 0.25) is 10.0 Å². The number of carbonyl (C=O) groups excluding carboxylic acids is 2. The van der Waals surface area contributed by atoms with E-state index in [9.17, 15) is 14.8 Å². The monoisotopic (exact) mass is 773 g/mol. The molecular formula is C42H45Cl2N3O7. The summed E-state index contributed by atoms with van der Waals surface area (Å²) in [6.07, 6.45) is 5.23. The number of ether oxygens (including phenoxy) is 4. The van der Waals surface area contributed by atoms with Crippen LogP contribution in [0, 0.1) is 11.1 Å². The van der Waals surface area contributed by atoms with Gasteiger partial charge in [-0.1, -0.05) is 71.7 Å². The molecule has 2 bridgehead atoms. The molecule has 0 radical (unpaired) electrons. The van der Waals surface area contributed by atoms with Crippen molar-refractivity contribution in [3.05, 3.63) is 128 Å². The summed E-state index contributed by atoms with van der Waals surface area (Å²) < 4.78 is 23.9. The molecule has 5 heterocycles. The molecule has 10 nitrogen and oxygen atoms in total. The van der Waals surface area contributed by atoms with Crippen LogP contribution in [0.4, 0.5) is 0 Å². The van der Waals surface area contributed by atoms with Gasteiger partial charge < -0.3 is 24.2 Å². The van der Waals surface area contributed by atoms with Gasteiger partial charge in [-0.15, -0.1) is 0 Å². The third-order valence-corrected chi connectivity index (χ3v) is 12.0. The lowest BCUT2D eigenvalue weighted by molar-refractivity contribution is -0.605. The fourth-order valence-corrected chi connectivity index (χ4v) is 8.75. The summed E-state index contributed by atoms with van der Waals surface area (Å²) in [6, 6.07) is 22.7. The largest absolute Gasteiger partial charge is 0.619 e. The van der Waals surface area contributed by atoms with Crippen molar-refractivity contribution in [1.29, 1.82) is 0 Å². The van der Waals surface area contributed by atoms with Crippen molar-refractivity contribution in [1.82, 2.24) is 9.80 Å². The molecule has 0 amide bonds. The Morgan fingerprint density at radius 1 is 0.889 bits per heavy atom. The highest BCUT2D eigenvalue weighted by Gasteiger charge is 2.47. The van der Waals surface area contributed by atoms with Gasteiger partial charge in [-0.2, -0.15) is 4.73 Å². The molecule has 0 N–H and O–H groups in total. The zero-order valence-corrected chi connectivity index (χ0v) is 32.1. The Balaban J connectivity index is 1.02. The minimum absolute atomic E-state index is 0.0294. The van der Waals surface area contributed by atoms with Gasteiger partial charge in [0.15, 0.2) is 23.9 Å². The van der Waals surface area contributed by atoms with Gasteiger partial charge in [-0.05, 0) is 98.7 Å². The molecule has 0 unspecified atom stereocenters. The average molecular weight is 775 g/mol. The molecule has 0 aliphatic carbocycles. The molecule has 1 aromatic heterocycles. The fourth-order valence-electron chi connectivity index (χ4n) is 8.15. The second kappa shape index (κ2) is 16.6. The lowest BCUT2D eigenvalue weighted by Gasteiger charge is -2.46. The fraction of sp³-hybridized carbons (Fsp3) is 0.405. The number of halogens is 2. The van der Waals surface area contributed by atoms with Gasteiger partial charge in [0.1, 0.15) is 22.3 Å². The van der Waals surface area contributed by atoms with E-state index >= 15 is 0 Å². The van der Waals surface area contributed by atoms with Gasteiger partial charge in [0.05, 0.1) is 25.2 Å². The van der Waals surface area contributed by atoms with Gasteiger partial charge in [-0.3, -0.25) is 14.6 Å². The normalized spacial score (nSPS) is 21.2. The molecular weight excluding hydrogens is 729 g/mol. The van der Waals surface area contributed by atoms with E-state index in [1.54, 1.807) is 37.4 Å². The van der Waals surface area contributed by atoms with E-state index in [0.29, 0.717) is 58.2 Å². The molecule has 4 aromatic rings. The van der Waals surface area contributed by atoms with E-state index in [0.717, 1.165) is 56.7 Å². The molecule has 4 aliphatic rings. The molecule has 4 fully saturated rings. The molecule has 2 atom stereocenters. The van der Waals surface area contributed by atoms with Crippen molar-refractivity contribution < 1.29 is 33.3 Å². The molecule has 54 heavy (non-hydrogen) atoms. The number of nitrogens with zero attached hydrogens (tertiary/aromatic N) is 3. The van der Waals surface area contributed by atoms with Crippen molar-refractivity contribution in [2.75, 3.05) is 46.9 Å². The van der Waals surface area contributed by atoms with Gasteiger partial charge in [-0.25, -0.2) is 4.79 Å². The quantitative estimate of drug-likeness (QED) is 0.0859. The average Bonchev–Trinajstić information content (AvgIpc) is 3.19. The number of fused-ring (bicyclic) bond motifs is 3. The van der Waals surface area contributed by atoms with Crippen LogP contribution in [0.1, 0.15) is 64.4 Å². The number of benzene rings is 3. The van der Waals surface area contributed by atoms with Crippen LogP contribution < -0.4 is 14.2 Å². The van der Waals surface area contributed by atoms with E-state index in [-0.39, 0.29) is 28.5 Å². The molecule has 4 aliphatic heterocycles. The Bertz CT molecular complexity index is 1920. The van der Waals surface area contributed by atoms with Crippen LogP contribution in [0.3, 0.4) is 0 Å². The van der Waals surface area contributed by atoms with E-state index in [1.165, 1.54) is 19.5 Å². The van der Waals surface area contributed by atoms with Crippen LogP contribution in [0.5, 0.6) is 11.5 Å². The smallest absolute Gasteiger partial charge is 0.338 e. The highest BCUT2D eigenvalue weighted by molar-refractivity contribution is 6.35. The molecule has 0 spiro atoms. The predicted molar refractivity (Wildman–Crippen MR) is 205 cm³/mol. The topological polar surface area (TPSA) is 104 Å². The number of carbonyl (C=O) groups is 2. The van der Waals surface area contributed by atoms with E-state index in [1.807, 2.05) is 30.3 Å². The van der Waals surface area contributed by atoms with Crippen molar-refractivity contribution in [2.24, 2.45) is 5.92 Å². The van der Waals surface area contributed by atoms with Crippen LogP contribution in [0.25, 0.3) is 0 Å². The first-order valence-corrected chi connectivity index (χ1v) is 19.2. The summed E-state index contributed by atoms with van der Waals surface area (Å²) in [5, 5.41) is 12.2. The van der Waals surface area contributed by atoms with E-state index in [2.05, 4.69) is 21.9 Å². The zero-order valence-electron chi connectivity index (χ0n) is 30.5. The minimum atomic E-state index is -0.815. The van der Waals surface area contributed by atoms with E-state index in [4.69, 9.17) is 42.1 Å². The summed E-state index contributed by atoms with van der Waals surface area (Å²) >= 11 is 12.8. The zero-order chi connectivity index (χ0) is 37.8. The van der Waals surface area contributed by atoms with Gasteiger partial charge in [0, 0.05) is 25.1 Å². The van der Waals surface area contributed by atoms with Crippen LogP contribution in [0.15, 0.2) is 85.2 Å². The molecule has 0 saturated carbocycles. The predicted octanol–water partition coefficient (Wildman–Crippen LogP) is 6.96. The Morgan fingerprint density at radius 2 is 1.56 bits per heavy atom. The highest BCUT2D eigenvalue weighted by Crippen LogP contribution is 2.40. The van der Waals surface area contributed by atoms with Gasteiger partial charge in [0.25, 0.3) is 0 Å². The number of pyridine rings is 1. The van der Waals surface area contributed by atoms with Crippen LogP contribution in [-0.4, -0.2) is 74.8 Å². The number of rotatable bonds is 12. The number of piperidine rings is 4. The van der Waals surface area contributed by atoms with Gasteiger partial charge in [0.2, 0.25) is 0 Å². The first-order chi connectivity index (χ1) is 26.1. The third kappa shape index (κ3) is 8.17. The molecule has 284 valence electrons. The molecule has 4 saturated heterocycles. The number of hydrogen-bond donors (Lipinski definition) is 0. The minimum Gasteiger partial charge on any atom is -0.619 e. The number of aromatic nitrogens is 1. The maximum Gasteiger partial charge on any atom is 0.338 e. The Kier molecular flexibility index (Phi) is 11.6. The molecule has 8 rings (SSSR count). The standard InChI is InChI=1S/C42H45Cl2N3O7/c1-51-36-13-12-31(22-38(36)52-2)37(23-33-34(43)25-47(50)26-35(33)44)53-40(48)30-10-8-28(9-11-30)24-46-20-16-42(17-21-46,32-6-4-3-5-7-32)41(49)54-39-27-45-18-14-29(39)15-19-45/h3-13,22,25-26,29,37,39H,14-21,23-24,27H2,1-2H3/t37-,39-/m0/s1. The molecule has 3 aromatic carbocycles. The summed E-state index contributed by atoms with van der Waals surface area (Å²) in [7, 11) is 3.07. The summed E-state index contributed by atoms with van der Waals surface area (Å²) in [5.41, 5.74) is 2.87. The summed E-state index contributed by atoms with van der Waals surface area (Å²) in [5.74, 6) is 0.821. The Morgan fingerprint density at radius 3 is 2.17 bits per heavy atom. The lowest BCUT2D eigenvalue weighted by Crippen LogP contribution is -2.54. The Hall–Kier alpha value is -4.35. The second-order valence-corrected chi connectivity index (χ2v) is 15.3. The first kappa shape index (κ1) is 37.9. The highest BCUT2D eigenvalue weighted by atomic mass is 35.5. The van der Waals surface area contributed by atoms with Crippen molar-refractivity contribution >= 4 is 35.1 Å². The number of likely N-dealkylation sites (tertiary alicyclic amines) is 1. The second-order valence-electron chi connectivity index (χ2n) is 14.5. The van der Waals surface area contributed by atoms with E-state index < -0.39 is 17.5 Å². The van der Waals surface area contributed by atoms with Gasteiger partial charge >= 0.3 is 11.9 Å². The Labute approximate surface area is 326 Å². The van der Waals surface area contributed by atoms with Crippen molar-refractivity contribution in [2.45, 2.75) is 56.3 Å².